The highest BCUT2D eigenvalue weighted by Crippen LogP contribution is 2.12. The van der Waals surface area contributed by atoms with Crippen LogP contribution in [0.4, 0.5) is 0 Å². The molecule has 0 unspecified atom stereocenters. The molecule has 0 fully saturated rings. The summed E-state index contributed by atoms with van der Waals surface area (Å²) < 4.78 is 5.03. The summed E-state index contributed by atoms with van der Waals surface area (Å²) in [6.07, 6.45) is 2.84. The van der Waals surface area contributed by atoms with Crippen molar-refractivity contribution in [3.05, 3.63) is 11.6 Å². The molecule has 6 heteroatoms. The van der Waals surface area contributed by atoms with Crippen LogP contribution in [0.5, 0.6) is 0 Å². The van der Waals surface area contributed by atoms with E-state index in [0.717, 1.165) is 18.2 Å². The Morgan fingerprint density at radius 3 is 2.82 bits per heavy atom. The number of carboxylic acids is 1. The van der Waals surface area contributed by atoms with Crippen LogP contribution >= 0.6 is 11.8 Å². The molecular formula is C11H17NO4S. The van der Waals surface area contributed by atoms with Gasteiger partial charge >= 0.3 is 5.97 Å². The number of hydrogen-bond donors (Lipinski definition) is 1. The van der Waals surface area contributed by atoms with Gasteiger partial charge in [-0.25, -0.2) is 0 Å². The van der Waals surface area contributed by atoms with Gasteiger partial charge in [-0.3, -0.25) is 9.59 Å². The molecule has 96 valence electrons. The number of hydrogen-bond acceptors (Lipinski definition) is 4. The van der Waals surface area contributed by atoms with Crippen molar-refractivity contribution in [3.8, 4) is 0 Å². The van der Waals surface area contributed by atoms with Crippen molar-refractivity contribution in [1.29, 1.82) is 0 Å². The van der Waals surface area contributed by atoms with E-state index in [1.807, 2.05) is 6.08 Å². The lowest BCUT2D eigenvalue weighted by Gasteiger charge is -2.26. The zero-order valence-corrected chi connectivity index (χ0v) is 10.7. The van der Waals surface area contributed by atoms with Crippen molar-refractivity contribution in [2.24, 2.45) is 0 Å². The third-order valence-corrected chi connectivity index (χ3v) is 3.34. The number of nitrogens with zero attached hydrogens (tertiary/aromatic N) is 1. The van der Waals surface area contributed by atoms with E-state index in [1.165, 1.54) is 5.57 Å². The summed E-state index contributed by atoms with van der Waals surface area (Å²) in [5.74, 6) is -0.669. The third-order valence-electron chi connectivity index (χ3n) is 2.44. The normalized spacial score (nSPS) is 15.6. The van der Waals surface area contributed by atoms with Crippen LogP contribution in [-0.4, -0.2) is 60.2 Å². The van der Waals surface area contributed by atoms with Crippen molar-refractivity contribution >= 4 is 23.6 Å². The summed E-state index contributed by atoms with van der Waals surface area (Å²) in [7, 11) is 1.65. The lowest BCUT2D eigenvalue weighted by Crippen LogP contribution is -2.36. The van der Waals surface area contributed by atoms with Crippen LogP contribution in [0.2, 0.25) is 0 Å². The fourth-order valence-corrected chi connectivity index (χ4v) is 2.21. The average Bonchev–Trinajstić information content (AvgIpc) is 2.30. The summed E-state index contributed by atoms with van der Waals surface area (Å²) in [6, 6.07) is 0. The number of carbonyl (C=O) groups is 2. The van der Waals surface area contributed by atoms with Gasteiger partial charge in [0.05, 0.1) is 18.1 Å². The highest BCUT2D eigenvalue weighted by molar-refractivity contribution is 8.00. The zero-order chi connectivity index (χ0) is 12.7. The first-order valence-corrected chi connectivity index (χ1v) is 6.53. The second kappa shape index (κ2) is 7.34. The molecule has 1 N–H and O–H groups in total. The molecule has 0 bridgehead atoms. The van der Waals surface area contributed by atoms with Gasteiger partial charge in [0.2, 0.25) is 5.91 Å². The van der Waals surface area contributed by atoms with Crippen molar-refractivity contribution in [1.82, 2.24) is 4.90 Å². The molecule has 1 aliphatic rings. The number of thioether (sulfide) groups is 1. The van der Waals surface area contributed by atoms with Crippen LogP contribution in [0.25, 0.3) is 0 Å². The summed E-state index contributed by atoms with van der Waals surface area (Å²) in [5, 5.41) is 8.46. The van der Waals surface area contributed by atoms with Gasteiger partial charge in [-0.2, -0.15) is 0 Å². The monoisotopic (exact) mass is 259 g/mol. The van der Waals surface area contributed by atoms with Gasteiger partial charge in [-0.05, 0) is 12.0 Å². The van der Waals surface area contributed by atoms with Crippen LogP contribution in [0.15, 0.2) is 11.6 Å². The highest BCUT2D eigenvalue weighted by Gasteiger charge is 2.17. The molecule has 1 rings (SSSR count). The number of carboxylic acid groups (broad SMARTS) is 1. The molecule has 0 aromatic carbocycles. The van der Waals surface area contributed by atoms with E-state index in [9.17, 15) is 9.59 Å². The van der Waals surface area contributed by atoms with E-state index in [4.69, 9.17) is 9.84 Å². The predicted molar refractivity (Wildman–Crippen MR) is 66.1 cm³/mol. The fraction of sp³-hybridized carbons (Fsp3) is 0.636. The average molecular weight is 259 g/mol. The Morgan fingerprint density at radius 1 is 1.53 bits per heavy atom. The van der Waals surface area contributed by atoms with E-state index in [2.05, 4.69) is 0 Å². The zero-order valence-electron chi connectivity index (χ0n) is 9.85. The Balaban J connectivity index is 2.28. The summed E-state index contributed by atoms with van der Waals surface area (Å²) in [6.45, 7) is 1.92. The number of aliphatic carboxylic acids is 1. The first-order chi connectivity index (χ1) is 8.13. The highest BCUT2D eigenvalue weighted by atomic mass is 32.2. The Hall–Kier alpha value is -1.01. The first-order valence-electron chi connectivity index (χ1n) is 5.37. The summed E-state index contributed by atoms with van der Waals surface area (Å²) in [4.78, 5) is 23.7. The molecule has 1 heterocycles. The SMILES string of the molecule is COCC1=CCN(C(=O)CSCC(=O)O)CC1. The fourth-order valence-electron chi connectivity index (χ4n) is 1.57. The van der Waals surface area contributed by atoms with E-state index < -0.39 is 5.97 Å². The molecule has 0 saturated carbocycles. The topological polar surface area (TPSA) is 66.8 Å². The molecule has 0 radical (unpaired) electrons. The molecule has 17 heavy (non-hydrogen) atoms. The van der Waals surface area contributed by atoms with Gasteiger partial charge in [0.15, 0.2) is 0 Å². The molecular weight excluding hydrogens is 242 g/mol. The molecule has 0 aromatic rings. The van der Waals surface area contributed by atoms with E-state index in [0.29, 0.717) is 19.7 Å². The van der Waals surface area contributed by atoms with Gasteiger partial charge < -0.3 is 14.7 Å². The molecule has 0 aromatic heterocycles. The van der Waals surface area contributed by atoms with Gasteiger partial charge in [0.25, 0.3) is 0 Å². The van der Waals surface area contributed by atoms with Crippen molar-refractivity contribution in [2.45, 2.75) is 6.42 Å². The Bertz CT molecular complexity index is 317. The van der Waals surface area contributed by atoms with E-state index in [-0.39, 0.29) is 17.4 Å². The third kappa shape index (κ3) is 5.23. The van der Waals surface area contributed by atoms with Gasteiger partial charge in [-0.1, -0.05) is 6.08 Å². The van der Waals surface area contributed by atoms with Crippen LogP contribution in [-0.2, 0) is 14.3 Å². The lowest BCUT2D eigenvalue weighted by molar-refractivity contribution is -0.133. The molecule has 0 atom stereocenters. The Morgan fingerprint density at radius 2 is 2.29 bits per heavy atom. The number of methoxy groups -OCH3 is 1. The van der Waals surface area contributed by atoms with Crippen LogP contribution in [0, 0.1) is 0 Å². The van der Waals surface area contributed by atoms with Crippen LogP contribution in [0.3, 0.4) is 0 Å². The largest absolute Gasteiger partial charge is 0.481 e. The molecule has 0 saturated heterocycles. The molecule has 0 spiro atoms. The predicted octanol–water partition coefficient (Wildman–Crippen LogP) is 0.609. The van der Waals surface area contributed by atoms with Crippen LogP contribution in [0.1, 0.15) is 6.42 Å². The first kappa shape index (κ1) is 14.1. The maximum Gasteiger partial charge on any atom is 0.313 e. The van der Waals surface area contributed by atoms with Gasteiger partial charge in [0, 0.05) is 20.2 Å². The Kier molecular flexibility index (Phi) is 6.07. The lowest BCUT2D eigenvalue weighted by atomic mass is 10.1. The van der Waals surface area contributed by atoms with E-state index in [1.54, 1.807) is 12.0 Å². The number of rotatable bonds is 6. The quantitative estimate of drug-likeness (QED) is 0.708. The minimum atomic E-state index is -0.885. The molecule has 0 aliphatic carbocycles. The number of amides is 1. The maximum atomic E-state index is 11.7. The molecule has 1 aliphatic heterocycles. The second-order valence-electron chi connectivity index (χ2n) is 3.77. The second-order valence-corrected chi connectivity index (χ2v) is 4.76. The standard InChI is InChI=1S/C11H17NO4S/c1-16-6-9-2-4-12(5-3-9)10(13)7-17-8-11(14)15/h2H,3-8H2,1H3,(H,14,15). The van der Waals surface area contributed by atoms with Gasteiger partial charge in [0.1, 0.15) is 0 Å². The summed E-state index contributed by atoms with van der Waals surface area (Å²) >= 11 is 1.14. The smallest absolute Gasteiger partial charge is 0.313 e. The number of ether oxygens (including phenoxy) is 1. The van der Waals surface area contributed by atoms with Crippen molar-refractivity contribution in [3.63, 3.8) is 0 Å². The van der Waals surface area contributed by atoms with Crippen molar-refractivity contribution in [2.75, 3.05) is 38.3 Å². The minimum absolute atomic E-state index is 0.00367. The Labute approximate surface area is 105 Å². The van der Waals surface area contributed by atoms with E-state index >= 15 is 0 Å². The minimum Gasteiger partial charge on any atom is -0.481 e. The summed E-state index contributed by atoms with van der Waals surface area (Å²) in [5.41, 5.74) is 1.22. The van der Waals surface area contributed by atoms with Crippen molar-refractivity contribution < 1.29 is 19.4 Å². The van der Waals surface area contributed by atoms with Crippen LogP contribution < -0.4 is 0 Å². The van der Waals surface area contributed by atoms with Gasteiger partial charge in [-0.15, -0.1) is 11.8 Å². The number of carbonyl (C=O) groups excluding carboxylic acids is 1. The maximum absolute atomic E-state index is 11.7. The molecule has 1 amide bonds. The molecule has 5 nitrogen and oxygen atoms in total.